The summed E-state index contributed by atoms with van der Waals surface area (Å²) in [6.45, 7) is 2.59. The quantitative estimate of drug-likeness (QED) is 0.212. The largest absolute Gasteiger partial charge is 0.508 e. The van der Waals surface area contributed by atoms with Gasteiger partial charge in [0, 0.05) is 30.7 Å². The molecule has 0 amide bonds. The Hall–Kier alpha value is -4.81. The molecule has 1 aliphatic heterocycles. The highest BCUT2D eigenvalue weighted by atomic mass is 16.7. The number of rotatable bonds is 7. The zero-order chi connectivity index (χ0) is 29.1. The Bertz CT molecular complexity index is 1400. The van der Waals surface area contributed by atoms with Crippen LogP contribution in [0.1, 0.15) is 40.1 Å². The summed E-state index contributed by atoms with van der Waals surface area (Å²) < 4.78 is 22.3. The number of ketones is 1. The molecule has 12 heteroatoms. The molecule has 3 aromatic carbocycles. The van der Waals surface area contributed by atoms with Crippen molar-refractivity contribution in [3.05, 3.63) is 77.4 Å². The second-order valence-corrected chi connectivity index (χ2v) is 9.03. The molecule has 1 heterocycles. The minimum absolute atomic E-state index is 0.130. The predicted molar refractivity (Wildman–Crippen MR) is 135 cm³/mol. The van der Waals surface area contributed by atoms with E-state index in [1.165, 1.54) is 19.1 Å². The lowest BCUT2D eigenvalue weighted by molar-refractivity contribution is -0.271. The number of hydrogen-bond donors (Lipinski definition) is 5. The van der Waals surface area contributed by atoms with E-state index in [1.807, 2.05) is 0 Å². The van der Waals surface area contributed by atoms with E-state index in [2.05, 4.69) is 0 Å². The molecule has 0 saturated carbocycles. The maximum absolute atomic E-state index is 13.3. The summed E-state index contributed by atoms with van der Waals surface area (Å²) in [6, 6.07) is 12.7. The smallest absolute Gasteiger partial charge is 0.338 e. The topological polar surface area (TPSA) is 189 Å². The van der Waals surface area contributed by atoms with Crippen LogP contribution in [0.15, 0.2) is 60.7 Å². The van der Waals surface area contributed by atoms with Gasteiger partial charge in [0.25, 0.3) is 0 Å². The van der Waals surface area contributed by atoms with Gasteiger partial charge in [-0.3, -0.25) is 9.59 Å². The van der Waals surface area contributed by atoms with Crippen LogP contribution < -0.4 is 4.74 Å². The number of aliphatic hydroxyl groups excluding tert-OH is 1. The fourth-order valence-electron chi connectivity index (χ4n) is 4.24. The van der Waals surface area contributed by atoms with Gasteiger partial charge >= 0.3 is 11.9 Å². The van der Waals surface area contributed by atoms with Crippen molar-refractivity contribution >= 4 is 17.7 Å². The van der Waals surface area contributed by atoms with Crippen molar-refractivity contribution in [2.75, 3.05) is 0 Å². The molecular formula is C28H26O12. The number of phenols is 4. The van der Waals surface area contributed by atoms with Crippen molar-refractivity contribution in [1.82, 2.24) is 0 Å². The van der Waals surface area contributed by atoms with Gasteiger partial charge in [-0.2, -0.15) is 0 Å². The Morgan fingerprint density at radius 2 is 1.43 bits per heavy atom. The number of carbonyl (C=O) groups excluding carboxylic acids is 3. The lowest BCUT2D eigenvalue weighted by atomic mass is 9.98. The van der Waals surface area contributed by atoms with Gasteiger partial charge in [-0.05, 0) is 31.2 Å². The first kappa shape index (κ1) is 28.2. The van der Waals surface area contributed by atoms with Gasteiger partial charge in [-0.15, -0.1) is 0 Å². The van der Waals surface area contributed by atoms with Gasteiger partial charge < -0.3 is 44.5 Å². The molecule has 5 N–H and O–H groups in total. The lowest BCUT2D eigenvalue weighted by Gasteiger charge is -2.42. The highest BCUT2D eigenvalue weighted by molar-refractivity contribution is 6.13. The summed E-state index contributed by atoms with van der Waals surface area (Å²) in [5.74, 6) is -5.05. The summed E-state index contributed by atoms with van der Waals surface area (Å²) >= 11 is 0. The maximum atomic E-state index is 13.3. The third-order valence-electron chi connectivity index (χ3n) is 6.01. The minimum atomic E-state index is -1.65. The maximum Gasteiger partial charge on any atom is 0.338 e. The average Bonchev–Trinajstić information content (AvgIpc) is 2.88. The van der Waals surface area contributed by atoms with E-state index in [0.29, 0.717) is 0 Å². The van der Waals surface area contributed by atoms with Crippen LogP contribution in [0.4, 0.5) is 0 Å². The summed E-state index contributed by atoms with van der Waals surface area (Å²) in [5.41, 5.74) is -0.599. The molecule has 1 fully saturated rings. The highest BCUT2D eigenvalue weighted by Gasteiger charge is 2.49. The van der Waals surface area contributed by atoms with Crippen LogP contribution in [-0.4, -0.2) is 74.0 Å². The second-order valence-electron chi connectivity index (χ2n) is 9.03. The van der Waals surface area contributed by atoms with Gasteiger partial charge in [0.2, 0.25) is 12.1 Å². The molecule has 210 valence electrons. The van der Waals surface area contributed by atoms with Gasteiger partial charge in [0.1, 0.15) is 40.4 Å². The van der Waals surface area contributed by atoms with Crippen LogP contribution in [0.25, 0.3) is 0 Å². The first-order valence-corrected chi connectivity index (χ1v) is 12.0. The fourth-order valence-corrected chi connectivity index (χ4v) is 4.24. The van der Waals surface area contributed by atoms with Crippen LogP contribution in [0.3, 0.4) is 0 Å². The van der Waals surface area contributed by atoms with E-state index >= 15 is 0 Å². The van der Waals surface area contributed by atoms with E-state index in [1.54, 1.807) is 18.2 Å². The number of aliphatic hydroxyl groups is 1. The van der Waals surface area contributed by atoms with Gasteiger partial charge in [-0.25, -0.2) is 4.79 Å². The first-order valence-electron chi connectivity index (χ1n) is 12.0. The van der Waals surface area contributed by atoms with E-state index in [9.17, 15) is 39.9 Å². The lowest BCUT2D eigenvalue weighted by Crippen LogP contribution is -2.60. The first-order chi connectivity index (χ1) is 18.9. The van der Waals surface area contributed by atoms with E-state index in [-0.39, 0.29) is 11.1 Å². The molecule has 0 bridgehead atoms. The molecule has 12 nitrogen and oxygen atoms in total. The van der Waals surface area contributed by atoms with Crippen LogP contribution in [0.2, 0.25) is 0 Å². The number of esters is 2. The highest BCUT2D eigenvalue weighted by Crippen LogP contribution is 2.38. The Labute approximate surface area is 227 Å². The molecule has 0 spiro atoms. The standard InChI is InChI=1S/C28H26O12/c1-13-25(38-14(2)29)24(35)26(40-27(36)15-6-4-3-5-7-15)28(37-13)39-21-12-19(32)11-20(33)22(21)23(34)16-8-17(30)10-18(31)9-16/h3-13,24-26,28,30-33,35H,1-2H3. The summed E-state index contributed by atoms with van der Waals surface area (Å²) in [4.78, 5) is 37.8. The SMILES string of the molecule is CC(=O)OC1C(C)OC(Oc2cc(O)cc(O)c2C(=O)c2cc(O)cc(O)c2)C(OC(=O)c2ccccc2)C1O. The van der Waals surface area contributed by atoms with Crippen LogP contribution in [0.5, 0.6) is 28.7 Å². The van der Waals surface area contributed by atoms with Crippen LogP contribution >= 0.6 is 0 Å². The number of aromatic hydroxyl groups is 4. The molecule has 40 heavy (non-hydrogen) atoms. The number of carbonyl (C=O) groups is 3. The van der Waals surface area contributed by atoms with Crippen molar-refractivity contribution < 1.29 is 58.9 Å². The zero-order valence-electron chi connectivity index (χ0n) is 21.3. The van der Waals surface area contributed by atoms with E-state index in [4.69, 9.17) is 18.9 Å². The Morgan fingerprint density at radius 1 is 0.800 bits per heavy atom. The third-order valence-corrected chi connectivity index (χ3v) is 6.01. The zero-order valence-corrected chi connectivity index (χ0v) is 21.3. The summed E-state index contributed by atoms with van der Waals surface area (Å²) in [7, 11) is 0. The average molecular weight is 555 g/mol. The van der Waals surface area contributed by atoms with E-state index in [0.717, 1.165) is 37.3 Å². The van der Waals surface area contributed by atoms with Gasteiger partial charge in [-0.1, -0.05) is 18.2 Å². The minimum Gasteiger partial charge on any atom is -0.508 e. The van der Waals surface area contributed by atoms with Gasteiger partial charge in [0.05, 0.1) is 11.7 Å². The second kappa shape index (κ2) is 11.5. The predicted octanol–water partition coefficient (Wildman–Crippen LogP) is 2.38. The van der Waals surface area contributed by atoms with Crippen molar-refractivity contribution in [2.45, 2.75) is 44.6 Å². The number of benzene rings is 3. The summed E-state index contributed by atoms with van der Waals surface area (Å²) in [5, 5.41) is 51.4. The molecule has 1 saturated heterocycles. The molecule has 5 atom stereocenters. The Balaban J connectivity index is 1.73. The number of phenolic OH excluding ortho intramolecular Hbond substituents is 4. The monoisotopic (exact) mass is 554 g/mol. The van der Waals surface area contributed by atoms with Crippen LogP contribution in [-0.2, 0) is 19.0 Å². The van der Waals surface area contributed by atoms with Gasteiger partial charge in [0.15, 0.2) is 12.2 Å². The van der Waals surface area contributed by atoms with Crippen molar-refractivity contribution in [3.63, 3.8) is 0 Å². The van der Waals surface area contributed by atoms with Crippen LogP contribution in [0, 0.1) is 0 Å². The molecule has 0 aliphatic carbocycles. The molecule has 0 aromatic heterocycles. The Kier molecular flexibility index (Phi) is 8.12. The van der Waals surface area contributed by atoms with Crippen molar-refractivity contribution in [3.8, 4) is 28.7 Å². The molecule has 5 unspecified atom stereocenters. The number of ether oxygens (including phenoxy) is 4. The molecule has 1 aliphatic rings. The third kappa shape index (κ3) is 6.08. The number of hydrogen-bond acceptors (Lipinski definition) is 12. The Morgan fingerprint density at radius 3 is 2.05 bits per heavy atom. The van der Waals surface area contributed by atoms with Crippen molar-refractivity contribution in [1.29, 1.82) is 0 Å². The molecule has 3 aromatic rings. The van der Waals surface area contributed by atoms with E-state index < -0.39 is 82.7 Å². The van der Waals surface area contributed by atoms with Crippen molar-refractivity contribution in [2.24, 2.45) is 0 Å². The summed E-state index contributed by atoms with van der Waals surface area (Å²) in [6.07, 6.45) is -7.16. The molecule has 4 rings (SSSR count). The normalized spacial score (nSPS) is 22.2. The molecule has 0 radical (unpaired) electrons. The molecular weight excluding hydrogens is 528 g/mol. The fraction of sp³-hybridized carbons (Fsp3) is 0.250.